The van der Waals surface area contributed by atoms with Crippen LogP contribution in [0.2, 0.25) is 0 Å². The van der Waals surface area contributed by atoms with E-state index in [0.29, 0.717) is 47.6 Å². The van der Waals surface area contributed by atoms with E-state index < -0.39 is 12.6 Å². The molecule has 4 heterocycles. The van der Waals surface area contributed by atoms with Crippen LogP contribution in [0.5, 0.6) is 0 Å². The number of rotatable bonds is 6. The molecule has 0 spiro atoms. The molecule has 2 unspecified atom stereocenters. The van der Waals surface area contributed by atoms with Gasteiger partial charge >= 0.3 is 6.18 Å². The Labute approximate surface area is 194 Å². The van der Waals surface area contributed by atoms with Gasteiger partial charge in [-0.3, -0.25) is 4.68 Å². The van der Waals surface area contributed by atoms with Crippen molar-refractivity contribution < 1.29 is 17.9 Å². The number of fused-ring (bicyclic) bond motifs is 1. The predicted octanol–water partition coefficient (Wildman–Crippen LogP) is 4.58. The maximum atomic E-state index is 12.8. The van der Waals surface area contributed by atoms with Crippen molar-refractivity contribution in [2.45, 2.75) is 64.0 Å². The first-order valence-corrected chi connectivity index (χ1v) is 11.4. The molecule has 180 valence electrons. The number of aromatic nitrogens is 6. The molecule has 8 nitrogen and oxygen atoms in total. The Morgan fingerprint density at radius 2 is 1.97 bits per heavy atom. The van der Waals surface area contributed by atoms with Crippen LogP contribution in [0.3, 0.4) is 0 Å². The number of hydrogen-bond acceptors (Lipinski definition) is 7. The second-order valence-corrected chi connectivity index (χ2v) is 9.10. The van der Waals surface area contributed by atoms with Gasteiger partial charge in [0.2, 0.25) is 5.95 Å². The van der Waals surface area contributed by atoms with Gasteiger partial charge in [0.1, 0.15) is 11.6 Å². The number of aryl methyl sites for hydroxylation is 1. The minimum Gasteiger partial charge on any atom is -0.367 e. The SMILES string of the molecule is C=C(CCC(F)(F)F)c1nc(N2CC(C)OC(c3cnn(C4CC4)c3)C2)nc2nc(C)cnc12. The van der Waals surface area contributed by atoms with Crippen LogP contribution in [0.4, 0.5) is 19.1 Å². The number of alkyl halides is 3. The number of hydrogen-bond donors (Lipinski definition) is 0. The molecular weight excluding hydrogens is 447 g/mol. The smallest absolute Gasteiger partial charge is 0.367 e. The molecular formula is C23H26F3N7O. The summed E-state index contributed by atoms with van der Waals surface area (Å²) in [5.74, 6) is 0.380. The monoisotopic (exact) mass is 473 g/mol. The minimum atomic E-state index is -4.28. The van der Waals surface area contributed by atoms with Gasteiger partial charge in [0.15, 0.2) is 5.65 Å². The van der Waals surface area contributed by atoms with E-state index in [4.69, 9.17) is 4.74 Å². The number of allylic oxidation sites excluding steroid dienone is 1. The van der Waals surface area contributed by atoms with Crippen LogP contribution in [0, 0.1) is 6.92 Å². The molecule has 0 radical (unpaired) electrons. The van der Waals surface area contributed by atoms with Crippen LogP contribution < -0.4 is 4.90 Å². The summed E-state index contributed by atoms with van der Waals surface area (Å²) < 4.78 is 46.7. The molecule has 3 aromatic rings. The summed E-state index contributed by atoms with van der Waals surface area (Å²) in [5.41, 5.74) is 2.89. The average Bonchev–Trinajstić information content (AvgIpc) is 3.51. The van der Waals surface area contributed by atoms with E-state index in [-0.39, 0.29) is 24.2 Å². The Kier molecular flexibility index (Phi) is 5.75. The van der Waals surface area contributed by atoms with Gasteiger partial charge in [-0.2, -0.15) is 23.3 Å². The average molecular weight is 474 g/mol. The molecule has 1 aliphatic carbocycles. The van der Waals surface area contributed by atoms with Crippen molar-refractivity contribution >= 4 is 22.7 Å². The fourth-order valence-corrected chi connectivity index (χ4v) is 4.14. The first-order chi connectivity index (χ1) is 16.2. The van der Waals surface area contributed by atoms with E-state index in [1.807, 2.05) is 28.9 Å². The lowest BCUT2D eigenvalue weighted by atomic mass is 10.1. The molecule has 11 heteroatoms. The van der Waals surface area contributed by atoms with Crippen molar-refractivity contribution in [2.24, 2.45) is 0 Å². The zero-order valence-electron chi connectivity index (χ0n) is 19.1. The quantitative estimate of drug-likeness (QED) is 0.518. The van der Waals surface area contributed by atoms with Crippen molar-refractivity contribution in [3.8, 4) is 0 Å². The first-order valence-electron chi connectivity index (χ1n) is 11.4. The van der Waals surface area contributed by atoms with E-state index in [9.17, 15) is 13.2 Å². The minimum absolute atomic E-state index is 0.109. The van der Waals surface area contributed by atoms with E-state index in [1.165, 1.54) is 0 Å². The highest BCUT2D eigenvalue weighted by Gasteiger charge is 2.32. The zero-order valence-corrected chi connectivity index (χ0v) is 19.1. The molecule has 2 atom stereocenters. The Balaban J connectivity index is 1.47. The number of halogens is 3. The molecule has 5 rings (SSSR count). The normalized spacial score (nSPS) is 21.3. The van der Waals surface area contributed by atoms with Gasteiger partial charge in [-0.15, -0.1) is 0 Å². The Hall–Kier alpha value is -3.08. The first kappa shape index (κ1) is 22.7. The molecule has 0 amide bonds. The zero-order chi connectivity index (χ0) is 24.0. The maximum absolute atomic E-state index is 12.8. The maximum Gasteiger partial charge on any atom is 0.389 e. The Morgan fingerprint density at radius 3 is 2.71 bits per heavy atom. The van der Waals surface area contributed by atoms with Crippen LogP contribution in [0.1, 0.15) is 61.7 Å². The van der Waals surface area contributed by atoms with E-state index >= 15 is 0 Å². The van der Waals surface area contributed by atoms with E-state index in [2.05, 4.69) is 31.6 Å². The van der Waals surface area contributed by atoms with Gasteiger partial charge in [0, 0.05) is 30.9 Å². The van der Waals surface area contributed by atoms with Crippen LogP contribution in [0.15, 0.2) is 25.2 Å². The van der Waals surface area contributed by atoms with Crippen molar-refractivity contribution in [1.82, 2.24) is 29.7 Å². The predicted molar refractivity (Wildman–Crippen MR) is 120 cm³/mol. The summed E-state index contributed by atoms with van der Waals surface area (Å²) in [5, 5.41) is 4.47. The summed E-state index contributed by atoms with van der Waals surface area (Å²) >= 11 is 0. The number of morpholine rings is 1. The Bertz CT molecular complexity index is 1220. The third kappa shape index (κ3) is 4.89. The molecule has 0 bridgehead atoms. The van der Waals surface area contributed by atoms with Gasteiger partial charge in [0.25, 0.3) is 0 Å². The fraction of sp³-hybridized carbons (Fsp3) is 0.522. The fourth-order valence-electron chi connectivity index (χ4n) is 4.14. The molecule has 1 saturated carbocycles. The topological polar surface area (TPSA) is 81.9 Å². The van der Waals surface area contributed by atoms with E-state index in [0.717, 1.165) is 18.4 Å². The molecule has 1 saturated heterocycles. The van der Waals surface area contributed by atoms with Gasteiger partial charge < -0.3 is 9.64 Å². The highest BCUT2D eigenvalue weighted by molar-refractivity contribution is 5.84. The largest absolute Gasteiger partial charge is 0.389 e. The highest BCUT2D eigenvalue weighted by atomic mass is 19.4. The molecule has 2 aliphatic rings. The standard InChI is InChI=1S/C23H26F3N7O/c1-13(6-7-23(24,25)26)19-20-21(29-14(2)8-27-20)31-22(30-19)32-10-15(3)34-18(12-32)16-9-28-33(11-16)17-4-5-17/h8-9,11,15,17-18H,1,4-7,10,12H2,2-3H3. The third-order valence-corrected chi connectivity index (χ3v) is 6.02. The highest BCUT2D eigenvalue weighted by Crippen LogP contribution is 2.36. The summed E-state index contributed by atoms with van der Waals surface area (Å²) in [6.45, 7) is 8.66. The van der Waals surface area contributed by atoms with Crippen molar-refractivity contribution in [3.63, 3.8) is 0 Å². The van der Waals surface area contributed by atoms with Crippen LogP contribution in [0.25, 0.3) is 16.7 Å². The molecule has 34 heavy (non-hydrogen) atoms. The molecule has 2 fully saturated rings. The van der Waals surface area contributed by atoms with Gasteiger partial charge in [-0.1, -0.05) is 6.58 Å². The van der Waals surface area contributed by atoms with Crippen molar-refractivity contribution in [3.05, 3.63) is 42.1 Å². The lowest BCUT2D eigenvalue weighted by Crippen LogP contribution is -2.43. The summed E-state index contributed by atoms with van der Waals surface area (Å²) in [7, 11) is 0. The number of ether oxygens (including phenoxy) is 1. The number of anilines is 1. The molecule has 0 aromatic carbocycles. The van der Waals surface area contributed by atoms with Crippen LogP contribution in [-0.2, 0) is 4.74 Å². The van der Waals surface area contributed by atoms with Gasteiger partial charge in [-0.05, 0) is 38.7 Å². The second-order valence-electron chi connectivity index (χ2n) is 9.10. The molecule has 3 aromatic heterocycles. The number of nitrogens with zero attached hydrogens (tertiary/aromatic N) is 7. The summed E-state index contributed by atoms with van der Waals surface area (Å²) in [6.07, 6.45) is 1.83. The molecule has 1 aliphatic heterocycles. The van der Waals surface area contributed by atoms with E-state index in [1.54, 1.807) is 13.1 Å². The second kappa shape index (κ2) is 8.61. The third-order valence-electron chi connectivity index (χ3n) is 6.02. The van der Waals surface area contributed by atoms with Crippen LogP contribution >= 0.6 is 0 Å². The Morgan fingerprint density at radius 1 is 1.18 bits per heavy atom. The van der Waals surface area contributed by atoms with Gasteiger partial charge in [-0.25, -0.2) is 15.0 Å². The lowest BCUT2D eigenvalue weighted by Gasteiger charge is -2.36. The van der Waals surface area contributed by atoms with Gasteiger partial charge in [0.05, 0.1) is 36.3 Å². The lowest BCUT2D eigenvalue weighted by molar-refractivity contribution is -0.133. The van der Waals surface area contributed by atoms with Crippen molar-refractivity contribution in [1.29, 1.82) is 0 Å². The summed E-state index contributed by atoms with van der Waals surface area (Å²) in [4.78, 5) is 20.0. The molecule has 0 N–H and O–H groups in total. The summed E-state index contributed by atoms with van der Waals surface area (Å²) in [6, 6.07) is 0.474. The van der Waals surface area contributed by atoms with Crippen LogP contribution in [-0.4, -0.2) is 55.1 Å². The van der Waals surface area contributed by atoms with Crippen molar-refractivity contribution in [2.75, 3.05) is 18.0 Å².